The zero-order valence-electron chi connectivity index (χ0n) is 18.7. The fourth-order valence-corrected chi connectivity index (χ4v) is 4.43. The van der Waals surface area contributed by atoms with Crippen LogP contribution in [0, 0.1) is 12.8 Å². The van der Waals surface area contributed by atoms with Gasteiger partial charge in [0.1, 0.15) is 5.82 Å². The summed E-state index contributed by atoms with van der Waals surface area (Å²) in [5.74, 6) is -2.01. The Morgan fingerprint density at radius 3 is 2.60 bits per heavy atom. The predicted octanol–water partition coefficient (Wildman–Crippen LogP) is 3.58. The number of nitrogens with one attached hydrogen (secondary N) is 1. The lowest BCUT2D eigenvalue weighted by atomic mass is 9.97. The molecule has 9 nitrogen and oxygen atoms in total. The maximum Gasteiger partial charge on any atom is 0.453 e. The van der Waals surface area contributed by atoms with Crippen LogP contribution < -0.4 is 4.90 Å². The molecule has 3 aromatic heterocycles. The van der Waals surface area contributed by atoms with Crippen LogP contribution in [0.3, 0.4) is 0 Å². The van der Waals surface area contributed by atoms with Crippen LogP contribution in [-0.2, 0) is 15.7 Å². The molecule has 0 amide bonds. The van der Waals surface area contributed by atoms with E-state index < -0.39 is 23.9 Å². The van der Waals surface area contributed by atoms with Gasteiger partial charge < -0.3 is 14.6 Å². The van der Waals surface area contributed by atoms with E-state index in [1.807, 2.05) is 24.3 Å². The zero-order chi connectivity index (χ0) is 24.7. The van der Waals surface area contributed by atoms with Gasteiger partial charge in [-0.15, -0.1) is 15.3 Å². The van der Waals surface area contributed by atoms with Gasteiger partial charge in [0.2, 0.25) is 5.78 Å². The highest BCUT2D eigenvalue weighted by atomic mass is 19.4. The van der Waals surface area contributed by atoms with Gasteiger partial charge in [0, 0.05) is 35.2 Å². The summed E-state index contributed by atoms with van der Waals surface area (Å²) in [6.45, 7) is 2.25. The first-order valence-corrected chi connectivity index (χ1v) is 11.0. The predicted molar refractivity (Wildman–Crippen MR) is 119 cm³/mol. The minimum Gasteiger partial charge on any atom is -0.457 e. The molecule has 0 saturated carbocycles. The number of aromatic amines is 1. The number of carbonyl (C=O) groups is 2. The van der Waals surface area contributed by atoms with Crippen LogP contribution in [-0.4, -0.2) is 56.2 Å². The van der Waals surface area contributed by atoms with Crippen LogP contribution >= 0.6 is 0 Å². The summed E-state index contributed by atoms with van der Waals surface area (Å²) in [4.78, 5) is 30.3. The summed E-state index contributed by atoms with van der Waals surface area (Å²) in [6, 6.07) is 10.4. The molecule has 12 heteroatoms. The van der Waals surface area contributed by atoms with Crippen LogP contribution in [0.15, 0.2) is 36.4 Å². The lowest BCUT2D eigenvalue weighted by Gasteiger charge is -2.31. The van der Waals surface area contributed by atoms with Crippen molar-refractivity contribution in [2.45, 2.75) is 25.9 Å². The largest absolute Gasteiger partial charge is 0.457 e. The second kappa shape index (κ2) is 8.67. The molecule has 0 unspecified atom stereocenters. The summed E-state index contributed by atoms with van der Waals surface area (Å²) in [5.41, 5.74) is 2.06. The lowest BCUT2D eigenvalue weighted by molar-refractivity contribution is -0.148. The van der Waals surface area contributed by atoms with Gasteiger partial charge in [-0.1, -0.05) is 18.2 Å². The van der Waals surface area contributed by atoms with Crippen LogP contribution in [0.2, 0.25) is 0 Å². The Labute approximate surface area is 196 Å². The third kappa shape index (κ3) is 4.31. The van der Waals surface area contributed by atoms with Gasteiger partial charge in [0.15, 0.2) is 12.3 Å². The topological polar surface area (TPSA) is 105 Å². The van der Waals surface area contributed by atoms with Gasteiger partial charge in [0.05, 0.1) is 5.92 Å². The van der Waals surface area contributed by atoms with Gasteiger partial charge in [-0.3, -0.25) is 9.59 Å². The molecule has 0 radical (unpaired) electrons. The molecule has 182 valence electrons. The standard InChI is InChI=1S/C23H21F3N6O3/c1-13-20(15-4-2-3-5-16(15)27-13)17(33)12-35-21(34)14-8-10-31(11-9-14)19-7-6-18-28-29-22(23(24,25)26)32(18)30-19/h2-7,14,27H,8-12H2,1H3. The monoisotopic (exact) mass is 486 g/mol. The fourth-order valence-electron chi connectivity index (χ4n) is 4.43. The number of hydrogen-bond donors (Lipinski definition) is 1. The number of para-hydroxylation sites is 1. The van der Waals surface area contributed by atoms with Crippen LogP contribution in [0.25, 0.3) is 16.6 Å². The van der Waals surface area contributed by atoms with E-state index >= 15 is 0 Å². The molecule has 1 N–H and O–H groups in total. The number of esters is 1. The number of hydrogen-bond acceptors (Lipinski definition) is 7. The number of carbonyl (C=O) groups excluding carboxylic acids is 2. The van der Waals surface area contributed by atoms with Crippen molar-refractivity contribution in [2.24, 2.45) is 5.92 Å². The molecule has 1 aromatic carbocycles. The van der Waals surface area contributed by atoms with Gasteiger partial charge in [-0.25, -0.2) is 0 Å². The molecular formula is C23H21F3N6O3. The number of ether oxygens (including phenoxy) is 1. The van der Waals surface area contributed by atoms with E-state index in [0.29, 0.717) is 47.5 Å². The molecule has 4 heterocycles. The van der Waals surface area contributed by atoms with E-state index in [-0.39, 0.29) is 18.0 Å². The number of H-pyrrole nitrogens is 1. The highest BCUT2D eigenvalue weighted by Gasteiger charge is 2.38. The molecule has 1 fully saturated rings. The summed E-state index contributed by atoms with van der Waals surface area (Å²) in [6.07, 6.45) is -3.83. The maximum absolute atomic E-state index is 13.1. The van der Waals surface area contributed by atoms with Gasteiger partial charge >= 0.3 is 12.1 Å². The van der Waals surface area contributed by atoms with Crippen LogP contribution in [0.5, 0.6) is 0 Å². The number of aryl methyl sites for hydroxylation is 1. The van der Waals surface area contributed by atoms with Gasteiger partial charge in [-0.2, -0.15) is 17.7 Å². The highest BCUT2D eigenvalue weighted by molar-refractivity contribution is 6.10. The first-order valence-electron chi connectivity index (χ1n) is 11.0. The smallest absolute Gasteiger partial charge is 0.453 e. The van der Waals surface area contributed by atoms with Crippen LogP contribution in [0.1, 0.15) is 34.7 Å². The summed E-state index contributed by atoms with van der Waals surface area (Å²) >= 11 is 0. The van der Waals surface area contributed by atoms with Crippen molar-refractivity contribution in [3.63, 3.8) is 0 Å². The molecule has 4 aromatic rings. The average Bonchev–Trinajstić information content (AvgIpc) is 3.42. The number of anilines is 1. The third-order valence-corrected chi connectivity index (χ3v) is 6.17. The Morgan fingerprint density at radius 1 is 1.11 bits per heavy atom. The summed E-state index contributed by atoms with van der Waals surface area (Å²) in [7, 11) is 0. The van der Waals surface area contributed by atoms with E-state index in [1.54, 1.807) is 17.9 Å². The van der Waals surface area contributed by atoms with Crippen LogP contribution in [0.4, 0.5) is 19.0 Å². The first-order chi connectivity index (χ1) is 16.7. The van der Waals surface area contributed by atoms with Crippen molar-refractivity contribution < 1.29 is 27.5 Å². The second-order valence-electron chi connectivity index (χ2n) is 8.45. The minimum absolute atomic E-state index is 0.00496. The van der Waals surface area contributed by atoms with E-state index in [2.05, 4.69) is 20.3 Å². The number of fused-ring (bicyclic) bond motifs is 2. The third-order valence-electron chi connectivity index (χ3n) is 6.17. The Bertz CT molecular complexity index is 1420. The molecule has 0 spiro atoms. The highest BCUT2D eigenvalue weighted by Crippen LogP contribution is 2.29. The Hall–Kier alpha value is -3.96. The molecule has 0 atom stereocenters. The molecule has 1 aliphatic rings. The van der Waals surface area contributed by atoms with Crippen molar-refractivity contribution in [2.75, 3.05) is 24.6 Å². The molecule has 1 saturated heterocycles. The first kappa shape index (κ1) is 22.8. The lowest BCUT2D eigenvalue weighted by Crippen LogP contribution is -2.38. The summed E-state index contributed by atoms with van der Waals surface area (Å²) < 4.78 is 45.4. The van der Waals surface area contributed by atoms with Crippen molar-refractivity contribution in [3.8, 4) is 0 Å². The summed E-state index contributed by atoms with van der Waals surface area (Å²) in [5, 5.41) is 11.5. The van der Waals surface area contributed by atoms with E-state index in [4.69, 9.17) is 4.74 Å². The number of alkyl halides is 3. The number of piperidine rings is 1. The van der Waals surface area contributed by atoms with Crippen molar-refractivity contribution in [1.82, 2.24) is 24.8 Å². The van der Waals surface area contributed by atoms with Crippen molar-refractivity contribution in [3.05, 3.63) is 53.5 Å². The minimum atomic E-state index is -4.68. The quantitative estimate of drug-likeness (QED) is 0.340. The zero-order valence-corrected chi connectivity index (χ0v) is 18.7. The van der Waals surface area contributed by atoms with E-state index in [0.717, 1.165) is 10.9 Å². The molecule has 0 bridgehead atoms. The van der Waals surface area contributed by atoms with Crippen molar-refractivity contribution >= 4 is 34.1 Å². The number of rotatable bonds is 5. The average molecular weight is 486 g/mol. The molecule has 1 aliphatic heterocycles. The second-order valence-corrected chi connectivity index (χ2v) is 8.45. The number of halogens is 3. The number of nitrogens with zero attached hydrogens (tertiary/aromatic N) is 5. The van der Waals surface area contributed by atoms with Gasteiger partial charge in [-0.05, 0) is 38.0 Å². The SMILES string of the molecule is Cc1[nH]c2ccccc2c1C(=O)COC(=O)C1CCN(c2ccc3nnc(C(F)(F)F)n3n2)CC1. The Morgan fingerprint density at radius 2 is 1.86 bits per heavy atom. The van der Waals surface area contributed by atoms with Crippen molar-refractivity contribution in [1.29, 1.82) is 0 Å². The maximum atomic E-state index is 13.1. The number of ketones is 1. The molecule has 0 aliphatic carbocycles. The van der Waals surface area contributed by atoms with E-state index in [9.17, 15) is 22.8 Å². The Balaban J connectivity index is 1.20. The van der Waals surface area contributed by atoms with E-state index in [1.165, 1.54) is 6.07 Å². The normalized spacial score (nSPS) is 15.1. The molecular weight excluding hydrogens is 465 g/mol. The molecule has 5 rings (SSSR count). The van der Waals surface area contributed by atoms with Gasteiger partial charge in [0.25, 0.3) is 5.82 Å². The Kier molecular flexibility index (Phi) is 5.65. The number of benzene rings is 1. The number of aromatic nitrogens is 5. The fraction of sp³-hybridized carbons (Fsp3) is 0.348. The number of Topliss-reactive ketones (excluding diaryl/α,β-unsaturated/α-hetero) is 1. The molecule has 35 heavy (non-hydrogen) atoms.